The van der Waals surface area contributed by atoms with E-state index in [9.17, 15) is 8.42 Å². The van der Waals surface area contributed by atoms with Crippen molar-refractivity contribution in [3.63, 3.8) is 0 Å². The molecule has 0 aliphatic heterocycles. The topological polar surface area (TPSA) is 64.0 Å². The molecule has 3 rings (SSSR count). The quantitative estimate of drug-likeness (QED) is 0.666. The molecule has 5 nitrogen and oxygen atoms in total. The summed E-state index contributed by atoms with van der Waals surface area (Å²) >= 11 is 3.33. The maximum atomic E-state index is 12.8. The zero-order valence-electron chi connectivity index (χ0n) is 14.3. The molecule has 7 heteroatoms. The highest BCUT2D eigenvalue weighted by molar-refractivity contribution is 9.10. The third-order valence-electron chi connectivity index (χ3n) is 3.88. The predicted molar refractivity (Wildman–Crippen MR) is 104 cm³/mol. The van der Waals surface area contributed by atoms with Gasteiger partial charge < -0.3 is 0 Å². The number of rotatable bonds is 5. The molecule has 0 unspecified atom stereocenters. The zero-order valence-corrected chi connectivity index (χ0v) is 16.7. The SMILES string of the molecule is CC(C)Cc1ccc2nn(C)cc2c1NS(=O)(=O)c1ccc(Br)cc1. The van der Waals surface area contributed by atoms with Crippen LogP contribution in [0.3, 0.4) is 0 Å². The lowest BCUT2D eigenvalue weighted by atomic mass is 10.00. The van der Waals surface area contributed by atoms with Gasteiger partial charge >= 0.3 is 0 Å². The van der Waals surface area contributed by atoms with Crippen molar-refractivity contribution in [2.24, 2.45) is 13.0 Å². The highest BCUT2D eigenvalue weighted by Crippen LogP contribution is 2.31. The fourth-order valence-corrected chi connectivity index (χ4v) is 4.18. The Morgan fingerprint density at radius 1 is 1.16 bits per heavy atom. The normalized spacial score (nSPS) is 12.0. The Morgan fingerprint density at radius 2 is 1.84 bits per heavy atom. The summed E-state index contributed by atoms with van der Waals surface area (Å²) in [7, 11) is -1.85. The average molecular weight is 422 g/mol. The van der Waals surface area contributed by atoms with E-state index in [2.05, 4.69) is 39.6 Å². The molecule has 0 amide bonds. The van der Waals surface area contributed by atoms with Crippen molar-refractivity contribution in [2.45, 2.75) is 25.2 Å². The minimum Gasteiger partial charge on any atom is -0.279 e. The van der Waals surface area contributed by atoms with Crippen LogP contribution in [0.1, 0.15) is 19.4 Å². The van der Waals surface area contributed by atoms with E-state index in [0.29, 0.717) is 11.6 Å². The van der Waals surface area contributed by atoms with Crippen LogP contribution in [0.4, 0.5) is 5.69 Å². The van der Waals surface area contributed by atoms with Crippen LogP contribution in [0.15, 0.2) is 52.0 Å². The minimum absolute atomic E-state index is 0.229. The fourth-order valence-electron chi connectivity index (χ4n) is 2.79. The Hall–Kier alpha value is -1.86. The third kappa shape index (κ3) is 3.88. The number of hydrogen-bond donors (Lipinski definition) is 1. The van der Waals surface area contributed by atoms with Crippen molar-refractivity contribution in [3.05, 3.63) is 52.6 Å². The van der Waals surface area contributed by atoms with Crippen molar-refractivity contribution in [3.8, 4) is 0 Å². The number of fused-ring (bicyclic) bond motifs is 1. The Labute approximate surface area is 156 Å². The third-order valence-corrected chi connectivity index (χ3v) is 5.77. The number of sulfonamides is 1. The summed E-state index contributed by atoms with van der Waals surface area (Å²) in [4.78, 5) is 0.229. The molecular weight excluding hydrogens is 402 g/mol. The summed E-state index contributed by atoms with van der Waals surface area (Å²) in [5, 5.41) is 5.19. The van der Waals surface area contributed by atoms with Crippen molar-refractivity contribution in [1.29, 1.82) is 0 Å². The summed E-state index contributed by atoms with van der Waals surface area (Å²) in [6.07, 6.45) is 2.63. The van der Waals surface area contributed by atoms with Gasteiger partial charge in [0, 0.05) is 23.1 Å². The van der Waals surface area contributed by atoms with Crippen molar-refractivity contribution in [1.82, 2.24) is 9.78 Å². The molecule has 0 fully saturated rings. The van der Waals surface area contributed by atoms with Gasteiger partial charge in [0.1, 0.15) is 0 Å². The van der Waals surface area contributed by atoms with Gasteiger partial charge in [0.15, 0.2) is 0 Å². The van der Waals surface area contributed by atoms with Crippen LogP contribution in [0, 0.1) is 5.92 Å². The second kappa shape index (κ2) is 6.80. The Bertz CT molecular complexity index is 1010. The molecule has 0 aliphatic rings. The second-order valence-electron chi connectivity index (χ2n) is 6.49. The summed E-state index contributed by atoms with van der Waals surface area (Å²) in [5.41, 5.74) is 2.35. The molecule has 1 N–H and O–H groups in total. The van der Waals surface area contributed by atoms with Gasteiger partial charge in [-0.15, -0.1) is 0 Å². The van der Waals surface area contributed by atoms with E-state index in [-0.39, 0.29) is 4.90 Å². The number of aryl methyl sites for hydroxylation is 1. The van der Waals surface area contributed by atoms with E-state index in [0.717, 1.165) is 27.4 Å². The standard InChI is InChI=1S/C18H20BrN3O2S/c1-12(2)10-13-4-9-17-16(11-22(3)20-17)18(13)21-25(23,24)15-7-5-14(19)6-8-15/h4-9,11-12,21H,10H2,1-3H3. The van der Waals surface area contributed by atoms with Crippen molar-refractivity contribution in [2.75, 3.05) is 4.72 Å². The van der Waals surface area contributed by atoms with Gasteiger partial charge in [-0.05, 0) is 48.2 Å². The fraction of sp³-hybridized carbons (Fsp3) is 0.278. The highest BCUT2D eigenvalue weighted by atomic mass is 79.9. The van der Waals surface area contributed by atoms with Crippen LogP contribution >= 0.6 is 15.9 Å². The maximum absolute atomic E-state index is 12.8. The summed E-state index contributed by atoms with van der Waals surface area (Å²) in [6, 6.07) is 10.5. The molecule has 1 aromatic heterocycles. The largest absolute Gasteiger partial charge is 0.279 e. The van der Waals surface area contributed by atoms with Crippen LogP contribution in [0.2, 0.25) is 0 Å². The molecule has 0 aliphatic carbocycles. The van der Waals surface area contributed by atoms with E-state index in [1.54, 1.807) is 28.9 Å². The van der Waals surface area contributed by atoms with E-state index in [1.807, 2.05) is 25.4 Å². The van der Waals surface area contributed by atoms with E-state index < -0.39 is 10.0 Å². The number of anilines is 1. The molecule has 0 spiro atoms. The van der Waals surface area contributed by atoms with Gasteiger partial charge in [-0.1, -0.05) is 35.8 Å². The van der Waals surface area contributed by atoms with Crippen LogP contribution in [0.5, 0.6) is 0 Å². The van der Waals surface area contributed by atoms with Gasteiger partial charge in [0.25, 0.3) is 10.0 Å². The second-order valence-corrected chi connectivity index (χ2v) is 9.09. The summed E-state index contributed by atoms with van der Waals surface area (Å²) in [6.45, 7) is 4.22. The number of nitrogens with zero attached hydrogens (tertiary/aromatic N) is 2. The minimum atomic E-state index is -3.68. The van der Waals surface area contributed by atoms with Crippen LogP contribution in [0.25, 0.3) is 10.9 Å². The summed E-state index contributed by atoms with van der Waals surface area (Å²) < 4.78 is 31.0. The molecule has 0 saturated carbocycles. The first-order valence-electron chi connectivity index (χ1n) is 8.00. The van der Waals surface area contributed by atoms with Gasteiger partial charge in [-0.25, -0.2) is 8.42 Å². The van der Waals surface area contributed by atoms with Crippen LogP contribution < -0.4 is 4.72 Å². The number of aromatic nitrogens is 2. The predicted octanol–water partition coefficient (Wildman–Crippen LogP) is 4.34. The number of hydrogen-bond acceptors (Lipinski definition) is 3. The molecule has 25 heavy (non-hydrogen) atoms. The monoisotopic (exact) mass is 421 g/mol. The lowest BCUT2D eigenvalue weighted by Crippen LogP contribution is -2.15. The lowest BCUT2D eigenvalue weighted by molar-refractivity contribution is 0.601. The Balaban J connectivity index is 2.11. The van der Waals surface area contributed by atoms with Crippen molar-refractivity contribution < 1.29 is 8.42 Å². The molecule has 0 radical (unpaired) electrons. The molecule has 0 bridgehead atoms. The number of halogens is 1. The molecule has 1 heterocycles. The van der Waals surface area contributed by atoms with E-state index >= 15 is 0 Å². The van der Waals surface area contributed by atoms with Gasteiger partial charge in [-0.2, -0.15) is 5.10 Å². The molecule has 132 valence electrons. The smallest absolute Gasteiger partial charge is 0.261 e. The van der Waals surface area contributed by atoms with Crippen LogP contribution in [-0.4, -0.2) is 18.2 Å². The highest BCUT2D eigenvalue weighted by Gasteiger charge is 2.19. The van der Waals surface area contributed by atoms with Gasteiger partial charge in [0.05, 0.1) is 16.1 Å². The van der Waals surface area contributed by atoms with Gasteiger partial charge in [0.2, 0.25) is 0 Å². The maximum Gasteiger partial charge on any atom is 0.261 e. The molecule has 0 saturated heterocycles. The molecule has 0 atom stereocenters. The van der Waals surface area contributed by atoms with E-state index in [4.69, 9.17) is 0 Å². The first-order chi connectivity index (χ1) is 11.8. The average Bonchev–Trinajstić information content (AvgIpc) is 2.90. The van der Waals surface area contributed by atoms with Crippen LogP contribution in [-0.2, 0) is 23.5 Å². The Kier molecular flexibility index (Phi) is 4.88. The number of benzene rings is 2. The zero-order chi connectivity index (χ0) is 18.2. The summed E-state index contributed by atoms with van der Waals surface area (Å²) in [5.74, 6) is 0.407. The molecule has 2 aromatic carbocycles. The molecule has 3 aromatic rings. The Morgan fingerprint density at radius 3 is 2.48 bits per heavy atom. The molecular formula is C18H20BrN3O2S. The van der Waals surface area contributed by atoms with E-state index in [1.165, 1.54) is 0 Å². The number of nitrogens with one attached hydrogen (secondary N) is 1. The van der Waals surface area contributed by atoms with Gasteiger partial charge in [-0.3, -0.25) is 9.40 Å². The first-order valence-corrected chi connectivity index (χ1v) is 10.3. The first kappa shape index (κ1) is 17.9. The van der Waals surface area contributed by atoms with Crippen molar-refractivity contribution >= 4 is 42.5 Å². The lowest BCUT2D eigenvalue weighted by Gasteiger charge is -2.15.